The van der Waals surface area contributed by atoms with E-state index in [2.05, 4.69) is 4.98 Å². The van der Waals surface area contributed by atoms with E-state index in [1.807, 2.05) is 55.5 Å². The molecule has 2 heteroatoms. The molecule has 1 aromatic heterocycles. The summed E-state index contributed by atoms with van der Waals surface area (Å²) in [4.78, 5) is 16.7. The first-order valence-corrected chi connectivity index (χ1v) is 6.20. The predicted molar refractivity (Wildman–Crippen MR) is 76.4 cm³/mol. The highest BCUT2D eigenvalue weighted by Gasteiger charge is 2.12. The van der Waals surface area contributed by atoms with E-state index < -0.39 is 0 Å². The van der Waals surface area contributed by atoms with Crippen LogP contribution < -0.4 is 0 Å². The second kappa shape index (κ2) is 4.65. The number of nitrogens with zero attached hydrogens (tertiary/aromatic N) is 1. The van der Waals surface area contributed by atoms with Crippen molar-refractivity contribution in [2.45, 2.75) is 6.92 Å². The summed E-state index contributed by atoms with van der Waals surface area (Å²) >= 11 is 0. The van der Waals surface area contributed by atoms with E-state index in [-0.39, 0.29) is 5.78 Å². The van der Waals surface area contributed by atoms with E-state index in [9.17, 15) is 4.79 Å². The lowest BCUT2D eigenvalue weighted by molar-refractivity contribution is 0.104. The van der Waals surface area contributed by atoms with Crippen LogP contribution in [0.5, 0.6) is 0 Å². The van der Waals surface area contributed by atoms with Crippen molar-refractivity contribution in [2.24, 2.45) is 0 Å². The van der Waals surface area contributed by atoms with E-state index in [4.69, 9.17) is 0 Å². The molecule has 0 aliphatic carbocycles. The number of aromatic nitrogens is 1. The number of carbonyl (C=O) groups is 1. The Morgan fingerprint density at radius 1 is 1.05 bits per heavy atom. The Hall–Kier alpha value is -2.48. The summed E-state index contributed by atoms with van der Waals surface area (Å²) in [5, 5.41) is 1.94. The molecular weight excluding hydrogens is 234 g/mol. The highest BCUT2D eigenvalue weighted by molar-refractivity contribution is 6.16. The van der Waals surface area contributed by atoms with Gasteiger partial charge in [0.2, 0.25) is 0 Å². The molecule has 0 spiro atoms. The number of ketones is 1. The van der Waals surface area contributed by atoms with Gasteiger partial charge in [-0.05, 0) is 24.4 Å². The number of rotatable bonds is 2. The van der Waals surface area contributed by atoms with Crippen molar-refractivity contribution in [1.29, 1.82) is 0 Å². The van der Waals surface area contributed by atoms with Crippen molar-refractivity contribution < 1.29 is 4.79 Å². The lowest BCUT2D eigenvalue weighted by Crippen LogP contribution is -2.02. The van der Waals surface area contributed by atoms with Gasteiger partial charge < -0.3 is 0 Å². The second-order valence-electron chi connectivity index (χ2n) is 4.60. The van der Waals surface area contributed by atoms with Gasteiger partial charge in [-0.1, -0.05) is 42.0 Å². The molecule has 2 nitrogen and oxygen atoms in total. The van der Waals surface area contributed by atoms with Crippen LogP contribution in [0.25, 0.3) is 10.8 Å². The number of hydrogen-bond acceptors (Lipinski definition) is 2. The molecule has 0 aliphatic heterocycles. The van der Waals surface area contributed by atoms with E-state index in [1.165, 1.54) is 0 Å². The Labute approximate surface area is 111 Å². The van der Waals surface area contributed by atoms with Crippen LogP contribution in [0.2, 0.25) is 0 Å². The Bertz CT molecular complexity index is 757. The summed E-state index contributed by atoms with van der Waals surface area (Å²) in [5.74, 6) is 0.0560. The van der Waals surface area contributed by atoms with Gasteiger partial charge in [-0.15, -0.1) is 0 Å². The zero-order chi connectivity index (χ0) is 13.2. The summed E-state index contributed by atoms with van der Waals surface area (Å²) < 4.78 is 0. The molecule has 0 bridgehead atoms. The SMILES string of the molecule is Cc1cccc(C(=O)c2cccc3cnccc23)c1. The van der Waals surface area contributed by atoms with Crippen LogP contribution >= 0.6 is 0 Å². The molecule has 0 aliphatic rings. The number of aryl methyl sites for hydroxylation is 1. The summed E-state index contributed by atoms with van der Waals surface area (Å²) in [7, 11) is 0. The molecular formula is C17H13NO. The minimum Gasteiger partial charge on any atom is -0.289 e. The van der Waals surface area contributed by atoms with Gasteiger partial charge in [0, 0.05) is 28.9 Å². The average Bonchev–Trinajstić information content (AvgIpc) is 2.46. The molecule has 19 heavy (non-hydrogen) atoms. The molecule has 3 rings (SSSR count). The summed E-state index contributed by atoms with van der Waals surface area (Å²) in [6, 6.07) is 15.3. The molecule has 0 saturated carbocycles. The maximum atomic E-state index is 12.6. The third-order valence-electron chi connectivity index (χ3n) is 3.21. The van der Waals surface area contributed by atoms with Gasteiger partial charge in [0.25, 0.3) is 0 Å². The Balaban J connectivity index is 2.17. The molecule has 3 aromatic rings. The Kier molecular flexibility index (Phi) is 2.84. The molecule has 0 fully saturated rings. The molecule has 0 unspecified atom stereocenters. The zero-order valence-corrected chi connectivity index (χ0v) is 10.6. The average molecular weight is 247 g/mol. The first-order chi connectivity index (χ1) is 9.25. The maximum absolute atomic E-state index is 12.6. The first-order valence-electron chi connectivity index (χ1n) is 6.20. The lowest BCUT2D eigenvalue weighted by Gasteiger charge is -2.06. The minimum absolute atomic E-state index is 0.0560. The van der Waals surface area contributed by atoms with Crippen LogP contribution in [0.3, 0.4) is 0 Å². The zero-order valence-electron chi connectivity index (χ0n) is 10.6. The number of carbonyl (C=O) groups excluding carboxylic acids is 1. The van der Waals surface area contributed by atoms with Gasteiger partial charge in [0.1, 0.15) is 0 Å². The van der Waals surface area contributed by atoms with Crippen molar-refractivity contribution >= 4 is 16.6 Å². The normalized spacial score (nSPS) is 10.6. The molecule has 0 N–H and O–H groups in total. The molecule has 0 atom stereocenters. The second-order valence-corrected chi connectivity index (χ2v) is 4.60. The Morgan fingerprint density at radius 3 is 2.74 bits per heavy atom. The van der Waals surface area contributed by atoms with Crippen LogP contribution in [0.1, 0.15) is 21.5 Å². The van der Waals surface area contributed by atoms with Crippen LogP contribution in [0.4, 0.5) is 0 Å². The van der Waals surface area contributed by atoms with Crippen molar-refractivity contribution in [1.82, 2.24) is 4.98 Å². The summed E-state index contributed by atoms with van der Waals surface area (Å²) in [6.07, 6.45) is 3.50. The lowest BCUT2D eigenvalue weighted by atomic mass is 9.97. The maximum Gasteiger partial charge on any atom is 0.193 e. The fourth-order valence-corrected chi connectivity index (χ4v) is 2.26. The summed E-state index contributed by atoms with van der Waals surface area (Å²) in [5.41, 5.74) is 2.54. The van der Waals surface area contributed by atoms with Crippen molar-refractivity contribution in [3.05, 3.63) is 77.6 Å². The molecule has 1 heterocycles. The monoisotopic (exact) mass is 247 g/mol. The molecule has 0 radical (unpaired) electrons. The molecule has 0 saturated heterocycles. The van der Waals surface area contributed by atoms with Gasteiger partial charge >= 0.3 is 0 Å². The van der Waals surface area contributed by atoms with Crippen molar-refractivity contribution in [2.75, 3.05) is 0 Å². The van der Waals surface area contributed by atoms with Crippen molar-refractivity contribution in [3.8, 4) is 0 Å². The standard InChI is InChI=1S/C17H13NO/c1-12-4-2-5-13(10-12)17(19)16-7-3-6-14-11-18-9-8-15(14)16/h2-11H,1H3. The molecule has 0 amide bonds. The van der Waals surface area contributed by atoms with E-state index in [0.29, 0.717) is 0 Å². The third kappa shape index (κ3) is 2.13. The van der Waals surface area contributed by atoms with Gasteiger partial charge in [0.15, 0.2) is 5.78 Å². The van der Waals surface area contributed by atoms with Gasteiger partial charge in [0.05, 0.1) is 0 Å². The fraction of sp³-hybridized carbons (Fsp3) is 0.0588. The highest BCUT2D eigenvalue weighted by atomic mass is 16.1. The van der Waals surface area contributed by atoms with Gasteiger partial charge in [-0.25, -0.2) is 0 Å². The number of fused-ring (bicyclic) bond motifs is 1. The summed E-state index contributed by atoms with van der Waals surface area (Å²) in [6.45, 7) is 1.99. The number of hydrogen-bond donors (Lipinski definition) is 0. The third-order valence-corrected chi connectivity index (χ3v) is 3.21. The Morgan fingerprint density at radius 2 is 1.89 bits per heavy atom. The van der Waals surface area contributed by atoms with Crippen LogP contribution in [0, 0.1) is 6.92 Å². The molecule has 2 aromatic carbocycles. The molecule has 92 valence electrons. The van der Waals surface area contributed by atoms with E-state index in [0.717, 1.165) is 27.5 Å². The quantitative estimate of drug-likeness (QED) is 0.645. The smallest absolute Gasteiger partial charge is 0.193 e. The fourth-order valence-electron chi connectivity index (χ4n) is 2.26. The minimum atomic E-state index is 0.0560. The van der Waals surface area contributed by atoms with Crippen molar-refractivity contribution in [3.63, 3.8) is 0 Å². The van der Waals surface area contributed by atoms with Crippen LogP contribution in [-0.2, 0) is 0 Å². The largest absolute Gasteiger partial charge is 0.289 e. The van der Waals surface area contributed by atoms with Gasteiger partial charge in [-0.3, -0.25) is 9.78 Å². The number of benzene rings is 2. The number of pyridine rings is 1. The van der Waals surface area contributed by atoms with E-state index >= 15 is 0 Å². The topological polar surface area (TPSA) is 30.0 Å². The predicted octanol–water partition coefficient (Wildman–Crippen LogP) is 3.77. The van der Waals surface area contributed by atoms with Crippen LogP contribution in [0.15, 0.2) is 60.9 Å². The van der Waals surface area contributed by atoms with Gasteiger partial charge in [-0.2, -0.15) is 0 Å². The van der Waals surface area contributed by atoms with Crippen LogP contribution in [-0.4, -0.2) is 10.8 Å². The first kappa shape index (κ1) is 11.6. The van der Waals surface area contributed by atoms with E-state index in [1.54, 1.807) is 12.4 Å². The highest BCUT2D eigenvalue weighted by Crippen LogP contribution is 2.21.